The van der Waals surface area contributed by atoms with Crippen molar-refractivity contribution in [3.8, 4) is 0 Å². The number of anilines is 1. The molecule has 0 radical (unpaired) electrons. The zero-order chi connectivity index (χ0) is 19.8. The van der Waals surface area contributed by atoms with Crippen molar-refractivity contribution in [2.75, 3.05) is 31.6 Å². The summed E-state index contributed by atoms with van der Waals surface area (Å²) in [6.07, 6.45) is 10.3. The highest BCUT2D eigenvalue weighted by Gasteiger charge is 2.41. The van der Waals surface area contributed by atoms with Crippen molar-refractivity contribution < 1.29 is 9.53 Å². The van der Waals surface area contributed by atoms with E-state index in [0.717, 1.165) is 69.7 Å². The van der Waals surface area contributed by atoms with Crippen LogP contribution in [0.25, 0.3) is 0 Å². The number of nitrogens with zero attached hydrogens (tertiary/aromatic N) is 4. The van der Waals surface area contributed by atoms with E-state index in [0.29, 0.717) is 11.5 Å². The van der Waals surface area contributed by atoms with Crippen LogP contribution < -0.4 is 5.32 Å². The molecule has 7 nitrogen and oxygen atoms in total. The number of carbonyl (C=O) groups is 1. The number of nitrogens with one attached hydrogen (secondary N) is 1. The minimum absolute atomic E-state index is 0.0333. The first-order valence-electron chi connectivity index (χ1n) is 10.5. The molecule has 7 heteroatoms. The standard InChI is InChI=1S/C22H27N5O2/c1-15-10-17-18(23-11-15)2-3-19(17)26-21-24-12-16(13-25-21)20(28)27-7-4-22(14-27)5-8-29-9-6-22/h10-13,19H,2-9,14H2,1H3,(H,24,25,26). The number of aromatic nitrogens is 3. The van der Waals surface area contributed by atoms with Crippen molar-refractivity contribution in [1.82, 2.24) is 19.9 Å². The van der Waals surface area contributed by atoms with Crippen molar-refractivity contribution in [3.63, 3.8) is 0 Å². The van der Waals surface area contributed by atoms with Crippen molar-refractivity contribution >= 4 is 11.9 Å². The van der Waals surface area contributed by atoms with E-state index in [4.69, 9.17) is 4.74 Å². The lowest BCUT2D eigenvalue weighted by molar-refractivity contribution is 0.0191. The number of rotatable bonds is 3. The largest absolute Gasteiger partial charge is 0.381 e. The van der Waals surface area contributed by atoms with Crippen LogP contribution in [0, 0.1) is 12.3 Å². The normalized spacial score (nSPS) is 22.7. The first-order valence-corrected chi connectivity index (χ1v) is 10.5. The molecule has 3 aliphatic rings. The minimum atomic E-state index is 0.0333. The molecule has 2 aromatic rings. The summed E-state index contributed by atoms with van der Waals surface area (Å²) in [6.45, 7) is 5.31. The third-order valence-electron chi connectivity index (χ3n) is 6.67. The van der Waals surface area contributed by atoms with Crippen molar-refractivity contribution in [1.29, 1.82) is 0 Å². The third kappa shape index (κ3) is 3.59. The second kappa shape index (κ2) is 7.37. The Bertz CT molecular complexity index is 908. The monoisotopic (exact) mass is 393 g/mol. The van der Waals surface area contributed by atoms with Gasteiger partial charge in [-0.15, -0.1) is 0 Å². The highest BCUT2D eigenvalue weighted by atomic mass is 16.5. The molecule has 1 spiro atoms. The molecule has 0 bridgehead atoms. The number of fused-ring (bicyclic) bond motifs is 1. The molecule has 152 valence electrons. The Morgan fingerprint density at radius 1 is 1.17 bits per heavy atom. The molecule has 2 fully saturated rings. The summed E-state index contributed by atoms with van der Waals surface area (Å²) in [5, 5.41) is 3.41. The van der Waals surface area contributed by atoms with Crippen LogP contribution in [-0.4, -0.2) is 52.1 Å². The van der Waals surface area contributed by atoms with Gasteiger partial charge in [0.05, 0.1) is 11.6 Å². The first kappa shape index (κ1) is 18.5. The molecular formula is C22H27N5O2. The van der Waals surface area contributed by atoms with E-state index in [2.05, 4.69) is 33.3 Å². The zero-order valence-electron chi connectivity index (χ0n) is 16.9. The topological polar surface area (TPSA) is 80.2 Å². The predicted octanol–water partition coefficient (Wildman–Crippen LogP) is 2.92. The van der Waals surface area contributed by atoms with Gasteiger partial charge in [-0.05, 0) is 55.6 Å². The summed E-state index contributed by atoms with van der Waals surface area (Å²) in [7, 11) is 0. The van der Waals surface area contributed by atoms with Crippen LogP contribution >= 0.6 is 0 Å². The molecule has 0 aromatic carbocycles. The summed E-state index contributed by atoms with van der Waals surface area (Å²) in [6, 6.07) is 2.36. The summed E-state index contributed by atoms with van der Waals surface area (Å²) in [5.74, 6) is 0.592. The predicted molar refractivity (Wildman–Crippen MR) is 109 cm³/mol. The Balaban J connectivity index is 1.24. The lowest BCUT2D eigenvalue weighted by atomic mass is 9.80. The summed E-state index contributed by atoms with van der Waals surface area (Å²) in [4.78, 5) is 28.3. The average Bonchev–Trinajstić information content (AvgIpc) is 3.33. The number of amides is 1. The fraction of sp³-hybridized carbons (Fsp3) is 0.545. The van der Waals surface area contributed by atoms with Gasteiger partial charge in [0.25, 0.3) is 5.91 Å². The van der Waals surface area contributed by atoms with Gasteiger partial charge in [0.15, 0.2) is 0 Å². The molecule has 5 rings (SSSR count). The molecule has 1 amide bonds. The van der Waals surface area contributed by atoms with Crippen LogP contribution in [0.3, 0.4) is 0 Å². The molecule has 1 N–H and O–H groups in total. The zero-order valence-corrected chi connectivity index (χ0v) is 16.9. The Morgan fingerprint density at radius 2 is 1.97 bits per heavy atom. The SMILES string of the molecule is Cc1cnc2c(c1)C(Nc1ncc(C(=O)N3CCC4(CCOCC4)C3)cn1)CC2. The average molecular weight is 393 g/mol. The van der Waals surface area contributed by atoms with E-state index in [1.807, 2.05) is 11.1 Å². The van der Waals surface area contributed by atoms with Gasteiger partial charge in [-0.2, -0.15) is 0 Å². The van der Waals surface area contributed by atoms with Crippen LogP contribution in [0.1, 0.15) is 58.9 Å². The second-order valence-corrected chi connectivity index (χ2v) is 8.67. The van der Waals surface area contributed by atoms with Crippen LogP contribution in [-0.2, 0) is 11.2 Å². The Morgan fingerprint density at radius 3 is 2.76 bits per heavy atom. The van der Waals surface area contributed by atoms with Crippen LogP contribution in [0.5, 0.6) is 0 Å². The van der Waals surface area contributed by atoms with Gasteiger partial charge in [-0.25, -0.2) is 9.97 Å². The van der Waals surface area contributed by atoms with Crippen molar-refractivity contribution in [2.45, 2.75) is 45.1 Å². The molecule has 2 aliphatic heterocycles. The Hall–Kier alpha value is -2.54. The maximum atomic E-state index is 12.9. The van der Waals surface area contributed by atoms with Gasteiger partial charge in [0, 0.05) is 50.6 Å². The van der Waals surface area contributed by atoms with Gasteiger partial charge in [0.1, 0.15) is 0 Å². The number of carbonyl (C=O) groups excluding carboxylic acids is 1. The Labute approximate surface area is 170 Å². The van der Waals surface area contributed by atoms with Crippen molar-refractivity contribution in [2.24, 2.45) is 5.41 Å². The summed E-state index contributed by atoms with van der Waals surface area (Å²) in [5.41, 5.74) is 4.35. The first-order chi connectivity index (χ1) is 14.1. The second-order valence-electron chi connectivity index (χ2n) is 8.67. The van der Waals surface area contributed by atoms with E-state index in [1.165, 1.54) is 5.56 Å². The Kier molecular flexibility index (Phi) is 4.70. The number of ether oxygens (including phenoxy) is 1. The fourth-order valence-corrected chi connectivity index (χ4v) is 4.89. The fourth-order valence-electron chi connectivity index (χ4n) is 4.89. The van der Waals surface area contributed by atoms with E-state index in [-0.39, 0.29) is 17.4 Å². The van der Waals surface area contributed by atoms with Crippen LogP contribution in [0.2, 0.25) is 0 Å². The molecule has 0 saturated carbocycles. The lowest BCUT2D eigenvalue weighted by Crippen LogP contribution is -2.35. The van der Waals surface area contributed by atoms with Gasteiger partial charge >= 0.3 is 0 Å². The van der Waals surface area contributed by atoms with E-state index in [9.17, 15) is 4.79 Å². The summed E-state index contributed by atoms with van der Waals surface area (Å²) < 4.78 is 5.50. The quantitative estimate of drug-likeness (QED) is 0.864. The van der Waals surface area contributed by atoms with E-state index < -0.39 is 0 Å². The molecule has 1 aliphatic carbocycles. The third-order valence-corrected chi connectivity index (χ3v) is 6.67. The smallest absolute Gasteiger partial charge is 0.257 e. The van der Waals surface area contributed by atoms with Gasteiger partial charge in [-0.3, -0.25) is 9.78 Å². The van der Waals surface area contributed by atoms with Gasteiger partial charge in [0.2, 0.25) is 5.95 Å². The molecule has 29 heavy (non-hydrogen) atoms. The van der Waals surface area contributed by atoms with Crippen LogP contribution in [0.15, 0.2) is 24.7 Å². The maximum Gasteiger partial charge on any atom is 0.257 e. The number of likely N-dealkylation sites (tertiary alicyclic amines) is 1. The van der Waals surface area contributed by atoms with Crippen molar-refractivity contribution in [3.05, 3.63) is 47.0 Å². The highest BCUT2D eigenvalue weighted by Crippen LogP contribution is 2.40. The van der Waals surface area contributed by atoms with Gasteiger partial charge < -0.3 is 15.0 Å². The molecule has 1 atom stereocenters. The van der Waals surface area contributed by atoms with Crippen LogP contribution in [0.4, 0.5) is 5.95 Å². The molecule has 1 unspecified atom stereocenters. The number of hydrogen-bond donors (Lipinski definition) is 1. The molecule has 2 saturated heterocycles. The molecule has 4 heterocycles. The van der Waals surface area contributed by atoms with E-state index in [1.54, 1.807) is 12.4 Å². The molecule has 2 aromatic heterocycles. The summed E-state index contributed by atoms with van der Waals surface area (Å²) >= 11 is 0. The number of aryl methyl sites for hydroxylation is 2. The van der Waals surface area contributed by atoms with Gasteiger partial charge in [-0.1, -0.05) is 6.07 Å². The maximum absolute atomic E-state index is 12.9. The highest BCUT2D eigenvalue weighted by molar-refractivity contribution is 5.94. The molecular weight excluding hydrogens is 366 g/mol. The number of pyridine rings is 1. The van der Waals surface area contributed by atoms with E-state index >= 15 is 0 Å². The number of hydrogen-bond acceptors (Lipinski definition) is 6. The lowest BCUT2D eigenvalue weighted by Gasteiger charge is -2.33. The minimum Gasteiger partial charge on any atom is -0.381 e.